The second-order valence-electron chi connectivity index (χ2n) is 6.27. The first-order chi connectivity index (χ1) is 13.8. The van der Waals surface area contributed by atoms with Crippen LogP contribution in [0.2, 0.25) is 0 Å². The molecule has 28 heavy (non-hydrogen) atoms. The fourth-order valence-corrected chi connectivity index (χ4v) is 3.26. The third-order valence-electron chi connectivity index (χ3n) is 4.29. The van der Waals surface area contributed by atoms with Gasteiger partial charge >= 0.3 is 0 Å². The largest absolute Gasteiger partial charge is 0.492 e. The minimum Gasteiger partial charge on any atom is -0.492 e. The third-order valence-corrected chi connectivity index (χ3v) is 4.70. The van der Waals surface area contributed by atoms with E-state index in [0.717, 1.165) is 28.0 Å². The van der Waals surface area contributed by atoms with Gasteiger partial charge in [0.05, 0.1) is 11.6 Å². The van der Waals surface area contributed by atoms with Gasteiger partial charge in [0.1, 0.15) is 12.4 Å². The Morgan fingerprint density at radius 3 is 1.93 bits per heavy atom. The van der Waals surface area contributed by atoms with Crippen molar-refractivity contribution in [3.05, 3.63) is 102 Å². The molecule has 0 aliphatic carbocycles. The molecule has 2 N–H and O–H groups in total. The van der Waals surface area contributed by atoms with Crippen molar-refractivity contribution in [1.29, 1.82) is 0 Å². The van der Waals surface area contributed by atoms with Gasteiger partial charge in [-0.25, -0.2) is 0 Å². The lowest BCUT2D eigenvalue weighted by molar-refractivity contribution is 0.276. The smallest absolute Gasteiger partial charge is 0.119 e. The lowest BCUT2D eigenvalue weighted by atomic mass is 9.95. The second kappa shape index (κ2) is 10.7. The van der Waals surface area contributed by atoms with E-state index in [4.69, 9.17) is 21.4 Å². The van der Waals surface area contributed by atoms with Crippen molar-refractivity contribution in [2.45, 2.75) is 0 Å². The predicted octanol–water partition coefficient (Wildman–Crippen LogP) is 4.80. The summed E-state index contributed by atoms with van der Waals surface area (Å²) in [5.74, 6) is 0.804. The normalized spacial score (nSPS) is 11.8. The Bertz CT molecular complexity index is 877. The summed E-state index contributed by atoms with van der Waals surface area (Å²) in [6, 6.07) is 28.1. The van der Waals surface area contributed by atoms with Crippen molar-refractivity contribution < 1.29 is 9.84 Å². The van der Waals surface area contributed by atoms with Gasteiger partial charge in [0, 0.05) is 18.7 Å². The van der Waals surface area contributed by atoms with E-state index in [-0.39, 0.29) is 6.61 Å². The van der Waals surface area contributed by atoms with Crippen LogP contribution in [0.25, 0.3) is 10.6 Å². The minimum atomic E-state index is 0.130. The molecule has 0 spiro atoms. The van der Waals surface area contributed by atoms with Crippen molar-refractivity contribution in [2.24, 2.45) is 0 Å². The first-order valence-corrected chi connectivity index (χ1v) is 9.73. The van der Waals surface area contributed by atoms with E-state index in [2.05, 4.69) is 17.4 Å². The van der Waals surface area contributed by atoms with Crippen LogP contribution in [0.5, 0.6) is 5.75 Å². The lowest BCUT2D eigenvalue weighted by Crippen LogP contribution is -2.23. The Morgan fingerprint density at radius 1 is 0.750 bits per heavy atom. The van der Waals surface area contributed by atoms with Crippen LogP contribution in [0.15, 0.2) is 84.9 Å². The quantitative estimate of drug-likeness (QED) is 0.405. The van der Waals surface area contributed by atoms with E-state index < -0.39 is 0 Å². The molecule has 0 atom stereocenters. The summed E-state index contributed by atoms with van der Waals surface area (Å²) >= 11 is 6.83. The zero-order chi connectivity index (χ0) is 19.6. The monoisotopic (exact) mass is 393 g/mol. The van der Waals surface area contributed by atoms with Crippen molar-refractivity contribution >= 4 is 22.2 Å². The van der Waals surface area contributed by atoms with Gasteiger partial charge in [-0.1, -0.05) is 84.4 Å². The molecule has 0 bridgehead atoms. The van der Waals surface area contributed by atoms with Crippen LogP contribution in [0, 0.1) is 0 Å². The van der Waals surface area contributed by atoms with Crippen molar-refractivity contribution in [3.8, 4) is 5.75 Å². The van der Waals surface area contributed by atoms with E-state index in [0.29, 0.717) is 24.7 Å². The Kier molecular flexibility index (Phi) is 7.68. The maximum Gasteiger partial charge on any atom is 0.119 e. The topological polar surface area (TPSA) is 41.5 Å². The van der Waals surface area contributed by atoms with Gasteiger partial charge in [0.15, 0.2) is 0 Å². The molecule has 0 saturated carbocycles. The SMILES string of the molecule is OCCNCCOc1ccc(/C(=C(\Cl)c2ccccc2)c2ccccc2)cc1. The van der Waals surface area contributed by atoms with Gasteiger partial charge < -0.3 is 15.2 Å². The molecule has 3 aromatic carbocycles. The number of nitrogens with one attached hydrogen (secondary N) is 1. The fourth-order valence-electron chi connectivity index (χ4n) is 2.92. The van der Waals surface area contributed by atoms with Crippen LogP contribution in [-0.4, -0.2) is 31.4 Å². The first kappa shape index (κ1) is 20.2. The van der Waals surface area contributed by atoms with Crippen molar-refractivity contribution in [1.82, 2.24) is 5.32 Å². The molecular weight excluding hydrogens is 370 g/mol. The summed E-state index contributed by atoms with van der Waals surface area (Å²) in [6.07, 6.45) is 0. The molecule has 0 saturated heterocycles. The number of hydrogen-bond acceptors (Lipinski definition) is 3. The Hall–Kier alpha value is -2.59. The number of aliphatic hydroxyl groups is 1. The molecule has 0 fully saturated rings. The number of aliphatic hydroxyl groups excluding tert-OH is 1. The number of ether oxygens (including phenoxy) is 1. The van der Waals surface area contributed by atoms with Crippen LogP contribution in [-0.2, 0) is 0 Å². The third kappa shape index (κ3) is 5.46. The molecule has 0 aromatic heterocycles. The average Bonchev–Trinajstić information content (AvgIpc) is 2.76. The predicted molar refractivity (Wildman–Crippen MR) is 117 cm³/mol. The Balaban J connectivity index is 1.85. The van der Waals surface area contributed by atoms with Gasteiger partial charge in [-0.15, -0.1) is 0 Å². The summed E-state index contributed by atoms with van der Waals surface area (Å²) in [7, 11) is 0. The van der Waals surface area contributed by atoms with Gasteiger partial charge in [-0.05, 0) is 28.8 Å². The van der Waals surface area contributed by atoms with Gasteiger partial charge in [0.2, 0.25) is 0 Å². The van der Waals surface area contributed by atoms with Crippen LogP contribution in [0.4, 0.5) is 0 Å². The zero-order valence-electron chi connectivity index (χ0n) is 15.6. The van der Waals surface area contributed by atoms with Gasteiger partial charge in [-0.3, -0.25) is 0 Å². The molecule has 0 aliphatic heterocycles. The highest BCUT2D eigenvalue weighted by Crippen LogP contribution is 2.35. The number of hydrogen-bond donors (Lipinski definition) is 2. The highest BCUT2D eigenvalue weighted by Gasteiger charge is 2.12. The first-order valence-electron chi connectivity index (χ1n) is 9.35. The van der Waals surface area contributed by atoms with E-state index >= 15 is 0 Å². The zero-order valence-corrected chi connectivity index (χ0v) is 16.4. The summed E-state index contributed by atoms with van der Waals surface area (Å²) in [6.45, 7) is 1.94. The molecule has 4 heteroatoms. The summed E-state index contributed by atoms with van der Waals surface area (Å²) < 4.78 is 5.74. The fraction of sp³-hybridized carbons (Fsp3) is 0.167. The number of rotatable bonds is 9. The maximum absolute atomic E-state index is 8.77. The maximum atomic E-state index is 8.77. The minimum absolute atomic E-state index is 0.130. The molecule has 0 unspecified atom stereocenters. The van der Waals surface area contributed by atoms with Crippen LogP contribution in [0.3, 0.4) is 0 Å². The van der Waals surface area contributed by atoms with Gasteiger partial charge in [-0.2, -0.15) is 0 Å². The second-order valence-corrected chi connectivity index (χ2v) is 6.65. The number of halogens is 1. The van der Waals surface area contributed by atoms with Crippen molar-refractivity contribution in [3.63, 3.8) is 0 Å². The molecule has 144 valence electrons. The standard InChI is InChI=1S/C24H24ClNO2/c25-24(21-9-5-2-6-10-21)23(19-7-3-1-4-8-19)20-11-13-22(14-12-20)28-18-16-26-15-17-27/h1-14,26-27H,15-18H2/b24-23-. The molecule has 3 rings (SSSR count). The summed E-state index contributed by atoms with van der Waals surface area (Å²) in [5, 5.41) is 12.6. The number of benzene rings is 3. The molecular formula is C24H24ClNO2. The molecule has 0 heterocycles. The molecule has 0 aliphatic rings. The van der Waals surface area contributed by atoms with E-state index in [1.54, 1.807) is 0 Å². The van der Waals surface area contributed by atoms with E-state index in [1.807, 2.05) is 72.8 Å². The average molecular weight is 394 g/mol. The highest BCUT2D eigenvalue weighted by atomic mass is 35.5. The Morgan fingerprint density at radius 2 is 1.32 bits per heavy atom. The van der Waals surface area contributed by atoms with Crippen LogP contribution < -0.4 is 10.1 Å². The van der Waals surface area contributed by atoms with Crippen molar-refractivity contribution in [2.75, 3.05) is 26.3 Å². The summed E-state index contributed by atoms with van der Waals surface area (Å²) in [5.41, 5.74) is 4.08. The van der Waals surface area contributed by atoms with E-state index in [9.17, 15) is 0 Å². The molecule has 3 aromatic rings. The Labute approximate surface area is 171 Å². The highest BCUT2D eigenvalue weighted by molar-refractivity contribution is 6.53. The molecule has 0 amide bonds. The molecule has 0 radical (unpaired) electrons. The van der Waals surface area contributed by atoms with Crippen LogP contribution in [0.1, 0.15) is 16.7 Å². The lowest BCUT2D eigenvalue weighted by Gasteiger charge is -2.13. The van der Waals surface area contributed by atoms with Gasteiger partial charge in [0.25, 0.3) is 0 Å². The summed E-state index contributed by atoms with van der Waals surface area (Å²) in [4.78, 5) is 0. The van der Waals surface area contributed by atoms with E-state index in [1.165, 1.54) is 0 Å². The van der Waals surface area contributed by atoms with Crippen LogP contribution >= 0.6 is 11.6 Å². The molecule has 3 nitrogen and oxygen atoms in total.